The van der Waals surface area contributed by atoms with Crippen LogP contribution >= 0.6 is 0 Å². The lowest BCUT2D eigenvalue weighted by Crippen LogP contribution is -2.08. The number of nitrogens with zero attached hydrogens (tertiary/aromatic N) is 1. The van der Waals surface area contributed by atoms with Crippen molar-refractivity contribution in [3.63, 3.8) is 0 Å². The Morgan fingerprint density at radius 1 is 1.07 bits per heavy atom. The molecule has 0 bridgehead atoms. The molecule has 0 N–H and O–H groups in total. The molecule has 0 aliphatic rings. The average Bonchev–Trinajstić information content (AvgIpc) is 2.26. The van der Waals surface area contributed by atoms with E-state index in [-0.39, 0.29) is 5.92 Å². The molecule has 0 spiro atoms. The highest BCUT2D eigenvalue weighted by molar-refractivity contribution is 4.81. The van der Waals surface area contributed by atoms with Crippen LogP contribution in [0.15, 0.2) is 0 Å². The van der Waals surface area contributed by atoms with Gasteiger partial charge >= 0.3 is 0 Å². The van der Waals surface area contributed by atoms with Crippen molar-refractivity contribution in [3.05, 3.63) is 0 Å². The van der Waals surface area contributed by atoms with E-state index in [0.717, 1.165) is 25.9 Å². The first kappa shape index (κ1) is 14.5. The maximum atomic E-state index is 8.80. The Labute approximate surface area is 94.6 Å². The monoisotopic (exact) mass is 211 g/mol. The highest BCUT2D eigenvalue weighted by atomic mass is 16.5. The Morgan fingerprint density at radius 3 is 2.40 bits per heavy atom. The molecule has 0 radical (unpaired) electrons. The summed E-state index contributed by atoms with van der Waals surface area (Å²) in [5.41, 5.74) is 0. The van der Waals surface area contributed by atoms with E-state index in [2.05, 4.69) is 19.9 Å². The third kappa shape index (κ3) is 9.75. The number of ether oxygens (including phenoxy) is 1. The van der Waals surface area contributed by atoms with Crippen molar-refractivity contribution >= 4 is 0 Å². The molecule has 0 saturated carbocycles. The molecular formula is C13H25NO. The molecule has 0 aromatic carbocycles. The van der Waals surface area contributed by atoms with E-state index in [1.807, 2.05) is 0 Å². The largest absolute Gasteiger partial charge is 0.380 e. The molecule has 0 saturated heterocycles. The van der Waals surface area contributed by atoms with Crippen LogP contribution in [0.25, 0.3) is 0 Å². The van der Waals surface area contributed by atoms with Crippen LogP contribution in [0.3, 0.4) is 0 Å². The first-order valence-corrected chi connectivity index (χ1v) is 6.32. The van der Waals surface area contributed by atoms with E-state index in [1.54, 1.807) is 0 Å². The fourth-order valence-corrected chi connectivity index (χ4v) is 1.57. The molecule has 0 rings (SSSR count). The topological polar surface area (TPSA) is 33.0 Å². The zero-order valence-corrected chi connectivity index (χ0v) is 10.3. The molecule has 0 amide bonds. The molecule has 0 aromatic rings. The van der Waals surface area contributed by atoms with Gasteiger partial charge in [-0.3, -0.25) is 0 Å². The third-order valence-corrected chi connectivity index (χ3v) is 2.53. The maximum absolute atomic E-state index is 8.80. The highest BCUT2D eigenvalue weighted by Gasteiger charge is 2.05. The fraction of sp³-hybridized carbons (Fsp3) is 0.923. The van der Waals surface area contributed by atoms with E-state index < -0.39 is 0 Å². The van der Waals surface area contributed by atoms with Gasteiger partial charge in [-0.1, -0.05) is 46.0 Å². The van der Waals surface area contributed by atoms with Gasteiger partial charge in [0.25, 0.3) is 0 Å². The smallest absolute Gasteiger partial charge is 0.0697 e. The second-order valence-corrected chi connectivity index (χ2v) is 4.10. The standard InChI is InChI=1S/C13H25NO/c1-3-5-6-7-8-10-15-12-13(11-14)9-4-2/h13H,3-10,12H2,1-2H3. The number of unbranched alkanes of at least 4 members (excludes halogenated alkanes) is 4. The van der Waals surface area contributed by atoms with E-state index in [1.165, 1.54) is 25.7 Å². The van der Waals surface area contributed by atoms with Gasteiger partial charge in [-0.2, -0.15) is 5.26 Å². The fourth-order valence-electron chi connectivity index (χ4n) is 1.57. The van der Waals surface area contributed by atoms with Crippen LogP contribution in [0.2, 0.25) is 0 Å². The molecule has 0 heterocycles. The van der Waals surface area contributed by atoms with Crippen molar-refractivity contribution < 1.29 is 4.74 Å². The van der Waals surface area contributed by atoms with E-state index in [0.29, 0.717) is 6.61 Å². The number of hydrogen-bond acceptors (Lipinski definition) is 2. The van der Waals surface area contributed by atoms with Gasteiger partial charge in [0.15, 0.2) is 0 Å². The van der Waals surface area contributed by atoms with Gasteiger partial charge < -0.3 is 4.74 Å². The number of nitriles is 1. The molecule has 15 heavy (non-hydrogen) atoms. The molecule has 1 atom stereocenters. The molecule has 0 aliphatic heterocycles. The van der Waals surface area contributed by atoms with Gasteiger partial charge in [0.1, 0.15) is 0 Å². The summed E-state index contributed by atoms with van der Waals surface area (Å²) >= 11 is 0. The summed E-state index contributed by atoms with van der Waals surface area (Å²) in [6.45, 7) is 5.78. The Hall–Kier alpha value is -0.550. The molecule has 2 heteroatoms. The predicted octanol–water partition coefficient (Wildman–Crippen LogP) is 3.91. The molecule has 0 fully saturated rings. The summed E-state index contributed by atoms with van der Waals surface area (Å²) in [4.78, 5) is 0. The minimum absolute atomic E-state index is 0.102. The minimum atomic E-state index is 0.102. The first-order chi connectivity index (χ1) is 7.35. The van der Waals surface area contributed by atoms with Crippen molar-refractivity contribution in [1.82, 2.24) is 0 Å². The van der Waals surface area contributed by atoms with Gasteiger partial charge in [-0.25, -0.2) is 0 Å². The third-order valence-electron chi connectivity index (χ3n) is 2.53. The summed E-state index contributed by atoms with van der Waals surface area (Å²) in [5, 5.41) is 8.80. The summed E-state index contributed by atoms with van der Waals surface area (Å²) in [6.07, 6.45) is 8.37. The van der Waals surface area contributed by atoms with Crippen LogP contribution in [0.5, 0.6) is 0 Å². The average molecular weight is 211 g/mol. The Morgan fingerprint density at radius 2 is 1.80 bits per heavy atom. The number of rotatable bonds is 10. The van der Waals surface area contributed by atoms with Crippen molar-refractivity contribution in [3.8, 4) is 6.07 Å². The van der Waals surface area contributed by atoms with Crippen LogP contribution in [-0.2, 0) is 4.74 Å². The predicted molar refractivity (Wildman–Crippen MR) is 63.6 cm³/mol. The summed E-state index contributed by atoms with van der Waals surface area (Å²) in [6, 6.07) is 2.29. The lowest BCUT2D eigenvalue weighted by atomic mass is 10.1. The van der Waals surface area contributed by atoms with Crippen molar-refractivity contribution in [2.75, 3.05) is 13.2 Å². The van der Waals surface area contributed by atoms with Gasteiger partial charge in [0.05, 0.1) is 18.6 Å². The quantitative estimate of drug-likeness (QED) is 0.513. The van der Waals surface area contributed by atoms with Gasteiger partial charge in [0, 0.05) is 6.61 Å². The van der Waals surface area contributed by atoms with Crippen molar-refractivity contribution in [2.24, 2.45) is 5.92 Å². The van der Waals surface area contributed by atoms with E-state index in [4.69, 9.17) is 10.00 Å². The van der Waals surface area contributed by atoms with Gasteiger partial charge in [-0.15, -0.1) is 0 Å². The van der Waals surface area contributed by atoms with Gasteiger partial charge in [-0.05, 0) is 12.8 Å². The van der Waals surface area contributed by atoms with E-state index >= 15 is 0 Å². The lowest BCUT2D eigenvalue weighted by Gasteiger charge is -2.08. The molecule has 1 unspecified atom stereocenters. The van der Waals surface area contributed by atoms with Crippen molar-refractivity contribution in [2.45, 2.75) is 58.8 Å². The second-order valence-electron chi connectivity index (χ2n) is 4.10. The Bertz CT molecular complexity index is 162. The maximum Gasteiger partial charge on any atom is 0.0697 e. The lowest BCUT2D eigenvalue weighted by molar-refractivity contribution is 0.108. The van der Waals surface area contributed by atoms with Crippen molar-refractivity contribution in [1.29, 1.82) is 5.26 Å². The molecule has 0 aliphatic carbocycles. The molecular weight excluding hydrogens is 186 g/mol. The summed E-state index contributed by atoms with van der Waals surface area (Å²) in [5.74, 6) is 0.102. The summed E-state index contributed by atoms with van der Waals surface area (Å²) in [7, 11) is 0. The number of hydrogen-bond donors (Lipinski definition) is 0. The zero-order chi connectivity index (χ0) is 11.4. The summed E-state index contributed by atoms with van der Waals surface area (Å²) < 4.78 is 5.50. The molecule has 88 valence electrons. The SMILES string of the molecule is CCCCCCCOCC(C#N)CCC. The van der Waals surface area contributed by atoms with E-state index in [9.17, 15) is 0 Å². The van der Waals surface area contributed by atoms with Crippen LogP contribution in [0.4, 0.5) is 0 Å². The Balaban J connectivity index is 3.19. The highest BCUT2D eigenvalue weighted by Crippen LogP contribution is 2.07. The second kappa shape index (κ2) is 11.5. The normalized spacial score (nSPS) is 12.3. The zero-order valence-electron chi connectivity index (χ0n) is 10.3. The molecule has 2 nitrogen and oxygen atoms in total. The molecule has 0 aromatic heterocycles. The van der Waals surface area contributed by atoms with Crippen LogP contribution in [0.1, 0.15) is 58.8 Å². The van der Waals surface area contributed by atoms with Crippen LogP contribution < -0.4 is 0 Å². The minimum Gasteiger partial charge on any atom is -0.380 e. The van der Waals surface area contributed by atoms with Crippen LogP contribution in [0, 0.1) is 17.2 Å². The first-order valence-electron chi connectivity index (χ1n) is 6.32. The Kier molecular flexibility index (Phi) is 11.1. The van der Waals surface area contributed by atoms with Crippen LogP contribution in [-0.4, -0.2) is 13.2 Å². The van der Waals surface area contributed by atoms with Gasteiger partial charge in [0.2, 0.25) is 0 Å².